The molecule has 1 heteroatoms. The average Bonchev–Trinajstić information content (AvgIpc) is 2.59. The van der Waals surface area contributed by atoms with E-state index in [-0.39, 0.29) is 18.9 Å². The van der Waals surface area contributed by atoms with Crippen LogP contribution in [0.5, 0.6) is 0 Å². The van der Waals surface area contributed by atoms with E-state index in [0.717, 1.165) is 5.92 Å². The third-order valence-corrected chi connectivity index (χ3v) is 2.62. The number of rotatable bonds is 2. The van der Waals surface area contributed by atoms with E-state index in [1.165, 1.54) is 31.2 Å². The minimum Gasteiger partial charge on any atom is -0.325 e. The molecule has 0 nitrogen and oxygen atoms in total. The second-order valence-electron chi connectivity index (χ2n) is 3.62. The minimum absolute atomic E-state index is 0. The molecule has 1 atom stereocenters. The fourth-order valence-corrected chi connectivity index (χ4v) is 1.95. The van der Waals surface area contributed by atoms with Gasteiger partial charge >= 0.3 is 18.9 Å². The molecule has 13 heavy (non-hydrogen) atoms. The summed E-state index contributed by atoms with van der Waals surface area (Å²) >= 11 is 0. The Bertz CT molecular complexity index is 224. The zero-order chi connectivity index (χ0) is 8.23. The Hall–Kier alpha value is -0.183. The molecule has 1 aromatic rings. The molecule has 1 saturated carbocycles. The van der Waals surface area contributed by atoms with Gasteiger partial charge in [-0.2, -0.15) is 12.3 Å². The van der Waals surface area contributed by atoms with Crippen molar-refractivity contribution in [1.82, 2.24) is 0 Å². The summed E-state index contributed by atoms with van der Waals surface area (Å²) in [5.74, 6) is 0.854. The molecule has 0 N–H and O–H groups in total. The molecule has 0 bridgehead atoms. The maximum absolute atomic E-state index is 2.48. The predicted molar refractivity (Wildman–Crippen MR) is 51.8 cm³/mol. The summed E-state index contributed by atoms with van der Waals surface area (Å²) in [6.45, 7) is 0. The monoisotopic (exact) mass is 166 g/mol. The average molecular weight is 166 g/mol. The second kappa shape index (κ2) is 5.53. The largest absolute Gasteiger partial charge is 1.00 e. The molecule has 0 spiro atoms. The first-order valence-corrected chi connectivity index (χ1v) is 4.82. The summed E-state index contributed by atoms with van der Waals surface area (Å²) in [6, 6.07) is 10.8. The Labute approximate surface area is 92.9 Å². The summed E-state index contributed by atoms with van der Waals surface area (Å²) < 4.78 is 0. The molecule has 2 rings (SSSR count). The molecule has 64 valence electrons. The first-order valence-electron chi connectivity index (χ1n) is 4.82. The van der Waals surface area contributed by atoms with Gasteiger partial charge in [0.15, 0.2) is 0 Å². The van der Waals surface area contributed by atoms with Crippen LogP contribution in [0.4, 0.5) is 0 Å². The van der Waals surface area contributed by atoms with Gasteiger partial charge in [0.25, 0.3) is 0 Å². The van der Waals surface area contributed by atoms with Crippen LogP contribution in [0, 0.1) is 12.3 Å². The van der Waals surface area contributed by atoms with Crippen molar-refractivity contribution in [2.24, 2.45) is 5.92 Å². The second-order valence-corrected chi connectivity index (χ2v) is 3.62. The van der Waals surface area contributed by atoms with Crippen molar-refractivity contribution in [3.63, 3.8) is 0 Å². The van der Waals surface area contributed by atoms with Crippen molar-refractivity contribution in [3.05, 3.63) is 42.3 Å². The van der Waals surface area contributed by atoms with Gasteiger partial charge in [0.1, 0.15) is 0 Å². The minimum atomic E-state index is 0. The summed E-state index contributed by atoms with van der Waals surface area (Å²) in [5, 5.41) is 0. The molecule has 0 heterocycles. The van der Waals surface area contributed by atoms with E-state index in [1.54, 1.807) is 0 Å². The van der Waals surface area contributed by atoms with Gasteiger partial charge in [-0.25, -0.2) is 0 Å². The third kappa shape index (κ3) is 3.22. The Morgan fingerprint density at radius 1 is 1.23 bits per heavy atom. The van der Waals surface area contributed by atoms with Crippen LogP contribution in [-0.2, 0) is 6.42 Å². The maximum atomic E-state index is 2.48. The normalized spacial score (nSPS) is 21.1. The fourth-order valence-electron chi connectivity index (χ4n) is 1.95. The van der Waals surface area contributed by atoms with Gasteiger partial charge < -0.3 is 6.42 Å². The summed E-state index contributed by atoms with van der Waals surface area (Å²) in [6.07, 6.45) is 7.86. The molecular weight excluding hydrogens is 151 g/mol. The predicted octanol–water partition coefficient (Wildman–Crippen LogP) is 0.237. The zero-order valence-electron chi connectivity index (χ0n) is 8.37. The van der Waals surface area contributed by atoms with Crippen LogP contribution in [0.1, 0.15) is 24.8 Å². The molecule has 0 aromatic heterocycles. The van der Waals surface area contributed by atoms with Crippen molar-refractivity contribution in [3.8, 4) is 0 Å². The van der Waals surface area contributed by atoms with Gasteiger partial charge in [0, 0.05) is 0 Å². The first kappa shape index (κ1) is 10.9. The molecule has 1 fully saturated rings. The number of benzene rings is 1. The van der Waals surface area contributed by atoms with Crippen LogP contribution < -0.4 is 18.9 Å². The fraction of sp³-hybridized carbons (Fsp3) is 0.417. The number of hydrogen-bond acceptors (Lipinski definition) is 0. The molecule has 0 aliphatic heterocycles. The Balaban J connectivity index is 0.000000845. The maximum Gasteiger partial charge on any atom is 1.00 e. The Kier molecular flexibility index (Phi) is 4.63. The van der Waals surface area contributed by atoms with Gasteiger partial charge in [-0.05, 0) is 0 Å². The van der Waals surface area contributed by atoms with Gasteiger partial charge in [0.05, 0.1) is 0 Å². The van der Waals surface area contributed by atoms with Gasteiger partial charge in [-0.15, -0.1) is 0 Å². The molecule has 0 saturated heterocycles. The van der Waals surface area contributed by atoms with E-state index in [0.29, 0.717) is 0 Å². The summed E-state index contributed by atoms with van der Waals surface area (Å²) in [4.78, 5) is 0. The quantitative estimate of drug-likeness (QED) is 0.436. The van der Waals surface area contributed by atoms with Gasteiger partial charge in [-0.1, -0.05) is 55.2 Å². The summed E-state index contributed by atoms with van der Waals surface area (Å²) in [5.41, 5.74) is 1.49. The zero-order valence-corrected chi connectivity index (χ0v) is 8.37. The molecule has 1 aliphatic rings. The van der Waals surface area contributed by atoms with Crippen molar-refractivity contribution < 1.29 is 18.9 Å². The van der Waals surface area contributed by atoms with Crippen molar-refractivity contribution in [2.75, 3.05) is 0 Å². The van der Waals surface area contributed by atoms with Crippen molar-refractivity contribution in [1.29, 1.82) is 0 Å². The van der Waals surface area contributed by atoms with E-state index >= 15 is 0 Å². The van der Waals surface area contributed by atoms with Crippen molar-refractivity contribution >= 4 is 0 Å². The van der Waals surface area contributed by atoms with Crippen molar-refractivity contribution in [2.45, 2.75) is 25.7 Å². The summed E-state index contributed by atoms with van der Waals surface area (Å²) in [7, 11) is 0. The van der Waals surface area contributed by atoms with Crippen LogP contribution in [0.3, 0.4) is 0 Å². The molecule has 0 radical (unpaired) electrons. The molecule has 0 amide bonds. The third-order valence-electron chi connectivity index (χ3n) is 2.62. The number of hydrogen-bond donors (Lipinski definition) is 0. The molecule has 1 aliphatic carbocycles. The van der Waals surface area contributed by atoms with E-state index in [2.05, 4.69) is 36.8 Å². The molecular formula is C12H15Li. The van der Waals surface area contributed by atoms with Crippen LogP contribution in [0.2, 0.25) is 0 Å². The van der Waals surface area contributed by atoms with E-state index < -0.39 is 0 Å². The van der Waals surface area contributed by atoms with E-state index in [4.69, 9.17) is 0 Å². The topological polar surface area (TPSA) is 0 Å². The van der Waals surface area contributed by atoms with Gasteiger partial charge in [-0.3, -0.25) is 0 Å². The molecule has 1 aromatic carbocycles. The standard InChI is InChI=1S/C12H15.Li/c1-2-6-11(7-3-1)10-12-8-4-5-9-12;/h1-3,6-8,12H,4-5,9-10H2;/q-1;+1. The Morgan fingerprint density at radius 2 is 2.00 bits per heavy atom. The smallest absolute Gasteiger partial charge is 0.325 e. The van der Waals surface area contributed by atoms with Crippen LogP contribution in [0.15, 0.2) is 30.3 Å². The SMILES string of the molecule is [Li+].c1ccc(CC2[CH-]CCC2)cc1. The van der Waals surface area contributed by atoms with Gasteiger partial charge in [0.2, 0.25) is 0 Å². The van der Waals surface area contributed by atoms with Crippen LogP contribution in [-0.4, -0.2) is 0 Å². The van der Waals surface area contributed by atoms with E-state index in [9.17, 15) is 0 Å². The Morgan fingerprint density at radius 3 is 2.62 bits per heavy atom. The van der Waals surface area contributed by atoms with E-state index in [1.807, 2.05) is 0 Å². The van der Waals surface area contributed by atoms with Crippen LogP contribution >= 0.6 is 0 Å². The first-order chi connectivity index (χ1) is 5.95. The van der Waals surface area contributed by atoms with Crippen LogP contribution in [0.25, 0.3) is 0 Å². The molecule has 1 unspecified atom stereocenters.